The number of anilines is 2. The molecule has 0 aromatic carbocycles. The summed E-state index contributed by atoms with van der Waals surface area (Å²) in [5.74, 6) is -1.63. The highest BCUT2D eigenvalue weighted by Gasteiger charge is 2.37. The SMILES string of the molecule is O=C(NCc1nnc[nH]1)Nc1nc2c(s1)CN(c1nc(C3CCC(F)(F)CC3)no1)CC2. The molecule has 4 heterocycles. The third-order valence-corrected chi connectivity index (χ3v) is 6.62. The molecule has 0 saturated heterocycles. The van der Waals surface area contributed by atoms with E-state index in [1.165, 1.54) is 17.7 Å². The summed E-state index contributed by atoms with van der Waals surface area (Å²) in [5.41, 5.74) is 0.922. The Bertz CT molecular complexity index is 1070. The van der Waals surface area contributed by atoms with Gasteiger partial charge in [-0.25, -0.2) is 18.6 Å². The summed E-state index contributed by atoms with van der Waals surface area (Å²) in [5, 5.41) is 17.4. The van der Waals surface area contributed by atoms with Gasteiger partial charge in [0.2, 0.25) is 5.92 Å². The lowest BCUT2D eigenvalue weighted by molar-refractivity contribution is -0.0389. The van der Waals surface area contributed by atoms with Crippen LogP contribution < -0.4 is 15.5 Å². The zero-order valence-corrected chi connectivity index (χ0v) is 17.8. The first-order valence-corrected chi connectivity index (χ1v) is 11.1. The van der Waals surface area contributed by atoms with Gasteiger partial charge >= 0.3 is 12.0 Å². The number of rotatable bonds is 5. The summed E-state index contributed by atoms with van der Waals surface area (Å²) < 4.78 is 32.2. The largest absolute Gasteiger partial charge is 0.331 e. The number of carbonyl (C=O) groups excluding carboxylic acids is 1. The van der Waals surface area contributed by atoms with Crippen molar-refractivity contribution in [1.29, 1.82) is 0 Å². The molecule has 1 fully saturated rings. The van der Waals surface area contributed by atoms with Crippen LogP contribution in [-0.2, 0) is 19.5 Å². The molecule has 2 amide bonds. The van der Waals surface area contributed by atoms with Crippen LogP contribution in [-0.4, -0.2) is 48.8 Å². The number of thiazole rings is 1. The standard InChI is InChI=1S/C18H21F2N9O2S/c19-18(20)4-1-10(2-5-18)14-25-17(31-28-14)29-6-3-11-12(8-29)32-16(24-11)26-15(30)21-7-13-22-9-23-27-13/h9-10H,1-8H2,(H,22,23,27)(H2,21,24,26,30). The van der Waals surface area contributed by atoms with Gasteiger partial charge in [0.1, 0.15) is 12.2 Å². The Labute approximate surface area is 185 Å². The summed E-state index contributed by atoms with van der Waals surface area (Å²) >= 11 is 1.39. The van der Waals surface area contributed by atoms with Crippen LogP contribution in [0.3, 0.4) is 0 Å². The fourth-order valence-electron chi connectivity index (χ4n) is 3.85. The molecule has 3 aromatic heterocycles. The number of aromatic nitrogens is 6. The summed E-state index contributed by atoms with van der Waals surface area (Å²) in [6, 6.07) is -0.000325. The Morgan fingerprint density at radius 3 is 2.97 bits per heavy atom. The maximum atomic E-state index is 13.4. The van der Waals surface area contributed by atoms with Crippen molar-refractivity contribution in [2.75, 3.05) is 16.8 Å². The second-order valence-electron chi connectivity index (χ2n) is 7.87. The molecule has 1 saturated carbocycles. The molecule has 0 unspecified atom stereocenters. The Morgan fingerprint density at radius 1 is 1.34 bits per heavy atom. The number of urea groups is 1. The smallest absolute Gasteiger partial charge is 0.324 e. The molecule has 32 heavy (non-hydrogen) atoms. The summed E-state index contributed by atoms with van der Waals surface area (Å²) in [6.07, 6.45) is 2.54. The zero-order valence-electron chi connectivity index (χ0n) is 17.0. The minimum atomic E-state index is -2.59. The van der Waals surface area contributed by atoms with Crippen molar-refractivity contribution in [2.45, 2.75) is 57.0 Å². The van der Waals surface area contributed by atoms with Gasteiger partial charge in [-0.15, -0.1) is 10.2 Å². The van der Waals surface area contributed by atoms with Crippen LogP contribution in [0.1, 0.15) is 53.8 Å². The van der Waals surface area contributed by atoms with E-state index in [2.05, 4.69) is 40.9 Å². The Hall–Kier alpha value is -3.16. The first-order chi connectivity index (χ1) is 15.4. The molecular weight excluding hydrogens is 444 g/mol. The summed E-state index contributed by atoms with van der Waals surface area (Å²) in [4.78, 5) is 26.8. The quantitative estimate of drug-likeness (QED) is 0.523. The number of hydrogen-bond donors (Lipinski definition) is 3. The van der Waals surface area contributed by atoms with Crippen molar-refractivity contribution in [3.05, 3.63) is 28.5 Å². The van der Waals surface area contributed by atoms with Gasteiger partial charge in [-0.1, -0.05) is 16.5 Å². The number of nitrogens with zero attached hydrogens (tertiary/aromatic N) is 6. The van der Waals surface area contributed by atoms with E-state index in [1.807, 2.05) is 4.90 Å². The Morgan fingerprint density at radius 2 is 2.19 bits per heavy atom. The molecule has 0 radical (unpaired) electrons. The molecule has 170 valence electrons. The number of fused-ring (bicyclic) bond motifs is 1. The Kier molecular flexibility index (Phi) is 5.45. The number of alkyl halides is 2. The molecule has 2 aliphatic rings. The van der Waals surface area contributed by atoms with E-state index < -0.39 is 5.92 Å². The van der Waals surface area contributed by atoms with Crippen LogP contribution >= 0.6 is 11.3 Å². The second kappa shape index (κ2) is 8.41. The molecule has 0 spiro atoms. The molecule has 1 aliphatic heterocycles. The molecule has 1 aliphatic carbocycles. The lowest BCUT2D eigenvalue weighted by atomic mass is 9.86. The van der Waals surface area contributed by atoms with E-state index in [4.69, 9.17) is 4.52 Å². The second-order valence-corrected chi connectivity index (χ2v) is 8.95. The molecule has 5 rings (SSSR count). The maximum Gasteiger partial charge on any atom is 0.324 e. The highest BCUT2D eigenvalue weighted by atomic mass is 32.1. The number of aromatic amines is 1. The molecule has 3 N–H and O–H groups in total. The maximum absolute atomic E-state index is 13.4. The van der Waals surface area contributed by atoms with Crippen molar-refractivity contribution < 1.29 is 18.1 Å². The van der Waals surface area contributed by atoms with Gasteiger partial charge in [0.05, 0.1) is 18.8 Å². The average Bonchev–Trinajstić information content (AvgIpc) is 3.52. The number of nitrogens with one attached hydrogen (secondary N) is 3. The lowest BCUT2D eigenvalue weighted by Gasteiger charge is -2.26. The first-order valence-electron chi connectivity index (χ1n) is 10.3. The van der Waals surface area contributed by atoms with Crippen LogP contribution in [0.2, 0.25) is 0 Å². The highest BCUT2D eigenvalue weighted by Crippen LogP contribution is 2.40. The topological polar surface area (TPSA) is 138 Å². The molecule has 14 heteroatoms. The van der Waals surface area contributed by atoms with E-state index in [1.54, 1.807) is 0 Å². The van der Waals surface area contributed by atoms with Gasteiger partial charge in [-0.05, 0) is 12.8 Å². The van der Waals surface area contributed by atoms with Crippen molar-refractivity contribution >= 4 is 28.5 Å². The number of halogens is 2. The summed E-state index contributed by atoms with van der Waals surface area (Å²) in [6.45, 7) is 1.39. The third-order valence-electron chi connectivity index (χ3n) is 5.62. The Balaban J connectivity index is 1.18. The fourth-order valence-corrected chi connectivity index (χ4v) is 4.87. The molecular formula is C18H21F2N9O2S. The molecule has 0 bridgehead atoms. The molecule has 3 aromatic rings. The van der Waals surface area contributed by atoms with Crippen molar-refractivity contribution in [2.24, 2.45) is 0 Å². The third kappa shape index (κ3) is 4.54. The van der Waals surface area contributed by atoms with Gasteiger partial charge in [0, 0.05) is 36.6 Å². The van der Waals surface area contributed by atoms with E-state index in [0.717, 1.165) is 10.6 Å². The molecule has 0 atom stereocenters. The minimum Gasteiger partial charge on any atom is -0.331 e. The van der Waals surface area contributed by atoms with Gasteiger partial charge in [0.25, 0.3) is 0 Å². The predicted octanol–water partition coefficient (Wildman–Crippen LogP) is 2.82. The average molecular weight is 465 g/mol. The van der Waals surface area contributed by atoms with Crippen molar-refractivity contribution in [3.8, 4) is 0 Å². The lowest BCUT2D eigenvalue weighted by Crippen LogP contribution is -2.30. The number of hydrogen-bond acceptors (Lipinski definition) is 9. The van der Waals surface area contributed by atoms with Crippen molar-refractivity contribution in [1.82, 2.24) is 35.6 Å². The van der Waals surface area contributed by atoms with Gasteiger partial charge in [-0.3, -0.25) is 5.32 Å². The number of H-pyrrole nitrogens is 1. The minimum absolute atomic E-state index is 0.0952. The van der Waals surface area contributed by atoms with Gasteiger partial charge < -0.3 is 19.7 Å². The monoisotopic (exact) mass is 465 g/mol. The molecule has 11 nitrogen and oxygen atoms in total. The normalized spacial score (nSPS) is 18.4. The van der Waals surface area contributed by atoms with E-state index in [0.29, 0.717) is 55.1 Å². The van der Waals surface area contributed by atoms with E-state index in [9.17, 15) is 13.6 Å². The van der Waals surface area contributed by atoms with E-state index >= 15 is 0 Å². The van der Waals surface area contributed by atoms with Crippen LogP contribution in [0.15, 0.2) is 10.9 Å². The number of amides is 2. The van der Waals surface area contributed by atoms with Crippen LogP contribution in [0.4, 0.5) is 24.7 Å². The van der Waals surface area contributed by atoms with Crippen molar-refractivity contribution in [3.63, 3.8) is 0 Å². The highest BCUT2D eigenvalue weighted by molar-refractivity contribution is 7.15. The van der Waals surface area contributed by atoms with Crippen LogP contribution in [0, 0.1) is 0 Å². The van der Waals surface area contributed by atoms with E-state index in [-0.39, 0.29) is 31.3 Å². The first kappa shape index (κ1) is 20.7. The van der Waals surface area contributed by atoms with Crippen LogP contribution in [0.5, 0.6) is 0 Å². The zero-order chi connectivity index (χ0) is 22.1. The summed E-state index contributed by atoms with van der Waals surface area (Å²) in [7, 11) is 0. The fraction of sp³-hybridized carbons (Fsp3) is 0.556. The van der Waals surface area contributed by atoms with Gasteiger partial charge in [0.15, 0.2) is 11.0 Å². The number of carbonyl (C=O) groups is 1. The predicted molar refractivity (Wildman–Crippen MR) is 110 cm³/mol. The van der Waals surface area contributed by atoms with Crippen LogP contribution in [0.25, 0.3) is 0 Å². The van der Waals surface area contributed by atoms with Gasteiger partial charge in [-0.2, -0.15) is 4.98 Å².